The Balaban J connectivity index is 2.82. The predicted molar refractivity (Wildman–Crippen MR) is 46.7 cm³/mol. The van der Waals surface area contributed by atoms with E-state index in [1.54, 1.807) is 0 Å². The quantitative estimate of drug-likeness (QED) is 0.549. The lowest BCUT2D eigenvalue weighted by molar-refractivity contribution is 0.146. The van der Waals surface area contributed by atoms with Gasteiger partial charge in [0.05, 0.1) is 6.54 Å². The standard InChI is InChI=1S/C8H18F2N2/c1-2-4-11-5-3-6-12-7-8(9)10/h8,11-12H,2-7H2,1H3. The van der Waals surface area contributed by atoms with Gasteiger partial charge in [0.2, 0.25) is 0 Å². The van der Waals surface area contributed by atoms with E-state index in [4.69, 9.17) is 0 Å². The van der Waals surface area contributed by atoms with Crippen LogP contribution in [0.15, 0.2) is 0 Å². The second kappa shape index (κ2) is 8.87. The van der Waals surface area contributed by atoms with Crippen LogP contribution in [0.5, 0.6) is 0 Å². The zero-order valence-electron chi connectivity index (χ0n) is 7.58. The summed E-state index contributed by atoms with van der Waals surface area (Å²) >= 11 is 0. The van der Waals surface area contributed by atoms with E-state index in [2.05, 4.69) is 17.6 Å². The molecule has 0 bridgehead atoms. The van der Waals surface area contributed by atoms with Crippen molar-refractivity contribution in [3.05, 3.63) is 0 Å². The van der Waals surface area contributed by atoms with Crippen LogP contribution in [-0.4, -0.2) is 32.6 Å². The Hall–Kier alpha value is -0.220. The normalized spacial score (nSPS) is 11.0. The second-order valence-corrected chi connectivity index (χ2v) is 2.70. The van der Waals surface area contributed by atoms with E-state index in [1.165, 1.54) is 0 Å². The molecule has 0 aliphatic heterocycles. The van der Waals surface area contributed by atoms with Gasteiger partial charge in [0.15, 0.2) is 0 Å². The van der Waals surface area contributed by atoms with Crippen molar-refractivity contribution >= 4 is 0 Å². The lowest BCUT2D eigenvalue weighted by Gasteiger charge is -2.04. The SMILES string of the molecule is CCCNCCCNCC(F)F. The molecule has 0 aromatic rings. The molecule has 0 aromatic heterocycles. The molecular weight excluding hydrogens is 162 g/mol. The summed E-state index contributed by atoms with van der Waals surface area (Å²) in [7, 11) is 0. The van der Waals surface area contributed by atoms with Crippen LogP contribution in [0.3, 0.4) is 0 Å². The molecule has 0 heterocycles. The molecule has 2 nitrogen and oxygen atoms in total. The molecule has 0 radical (unpaired) electrons. The minimum absolute atomic E-state index is 0.187. The van der Waals surface area contributed by atoms with Gasteiger partial charge in [-0.25, -0.2) is 8.78 Å². The van der Waals surface area contributed by atoms with Crippen LogP contribution in [0.25, 0.3) is 0 Å². The number of alkyl halides is 2. The molecule has 0 aliphatic carbocycles. The number of hydrogen-bond donors (Lipinski definition) is 2. The molecular formula is C8H18F2N2. The first-order chi connectivity index (χ1) is 5.77. The molecule has 0 aromatic carbocycles. The Bertz CT molecular complexity index is 89.1. The van der Waals surface area contributed by atoms with Gasteiger partial charge in [0, 0.05) is 0 Å². The molecule has 0 spiro atoms. The average molecular weight is 180 g/mol. The third kappa shape index (κ3) is 9.78. The highest BCUT2D eigenvalue weighted by Crippen LogP contribution is 1.87. The van der Waals surface area contributed by atoms with Gasteiger partial charge < -0.3 is 10.6 Å². The molecule has 0 atom stereocenters. The van der Waals surface area contributed by atoms with Crippen molar-refractivity contribution in [2.24, 2.45) is 0 Å². The fraction of sp³-hybridized carbons (Fsp3) is 1.00. The highest BCUT2D eigenvalue weighted by Gasteiger charge is 1.98. The molecule has 0 rings (SSSR count). The summed E-state index contributed by atoms with van der Waals surface area (Å²) in [5.41, 5.74) is 0. The van der Waals surface area contributed by atoms with Crippen molar-refractivity contribution in [3.8, 4) is 0 Å². The van der Waals surface area contributed by atoms with Gasteiger partial charge in [-0.05, 0) is 32.5 Å². The van der Waals surface area contributed by atoms with Gasteiger partial charge >= 0.3 is 0 Å². The molecule has 4 heteroatoms. The van der Waals surface area contributed by atoms with E-state index >= 15 is 0 Å². The highest BCUT2D eigenvalue weighted by molar-refractivity contribution is 4.52. The third-order valence-electron chi connectivity index (χ3n) is 1.43. The van der Waals surface area contributed by atoms with Gasteiger partial charge in [0.1, 0.15) is 0 Å². The van der Waals surface area contributed by atoms with Crippen molar-refractivity contribution in [1.29, 1.82) is 0 Å². The molecule has 0 fully saturated rings. The summed E-state index contributed by atoms with van der Waals surface area (Å²) in [6.45, 7) is 4.50. The van der Waals surface area contributed by atoms with Crippen LogP contribution >= 0.6 is 0 Å². The molecule has 0 unspecified atom stereocenters. The number of rotatable bonds is 8. The van der Waals surface area contributed by atoms with Gasteiger partial charge in [0.25, 0.3) is 6.43 Å². The number of halogens is 2. The lowest BCUT2D eigenvalue weighted by atomic mass is 10.4. The zero-order valence-corrected chi connectivity index (χ0v) is 7.58. The largest absolute Gasteiger partial charge is 0.317 e. The number of hydrogen-bond acceptors (Lipinski definition) is 2. The van der Waals surface area contributed by atoms with E-state index in [0.29, 0.717) is 6.54 Å². The molecule has 0 amide bonds. The summed E-state index contributed by atoms with van der Waals surface area (Å²) in [5, 5.41) is 5.87. The van der Waals surface area contributed by atoms with Crippen molar-refractivity contribution in [1.82, 2.24) is 10.6 Å². The molecule has 0 saturated carbocycles. The first-order valence-corrected chi connectivity index (χ1v) is 4.47. The smallest absolute Gasteiger partial charge is 0.250 e. The maximum atomic E-state index is 11.6. The zero-order chi connectivity index (χ0) is 9.23. The van der Waals surface area contributed by atoms with E-state index in [9.17, 15) is 8.78 Å². The Kier molecular flexibility index (Phi) is 8.71. The first kappa shape index (κ1) is 11.8. The van der Waals surface area contributed by atoms with Gasteiger partial charge in [-0.15, -0.1) is 0 Å². The van der Waals surface area contributed by atoms with Crippen LogP contribution in [-0.2, 0) is 0 Å². The maximum absolute atomic E-state index is 11.6. The van der Waals surface area contributed by atoms with Crippen LogP contribution in [0.1, 0.15) is 19.8 Å². The monoisotopic (exact) mass is 180 g/mol. The average Bonchev–Trinajstić information content (AvgIpc) is 2.02. The number of nitrogens with one attached hydrogen (secondary N) is 2. The van der Waals surface area contributed by atoms with E-state index < -0.39 is 6.43 Å². The van der Waals surface area contributed by atoms with E-state index in [0.717, 1.165) is 25.9 Å². The summed E-state index contributed by atoms with van der Waals surface area (Å²) in [6.07, 6.45) is -0.203. The highest BCUT2D eigenvalue weighted by atomic mass is 19.3. The van der Waals surface area contributed by atoms with E-state index in [-0.39, 0.29) is 6.54 Å². The molecule has 2 N–H and O–H groups in total. The van der Waals surface area contributed by atoms with Gasteiger partial charge in [-0.3, -0.25) is 0 Å². The second-order valence-electron chi connectivity index (χ2n) is 2.70. The summed E-state index contributed by atoms with van der Waals surface area (Å²) in [6, 6.07) is 0. The van der Waals surface area contributed by atoms with E-state index in [1.807, 2.05) is 0 Å². The Morgan fingerprint density at radius 1 is 1.08 bits per heavy atom. The van der Waals surface area contributed by atoms with Crippen LogP contribution in [0.2, 0.25) is 0 Å². The minimum atomic E-state index is -2.23. The van der Waals surface area contributed by atoms with Crippen LogP contribution in [0, 0.1) is 0 Å². The fourth-order valence-corrected chi connectivity index (χ4v) is 0.851. The molecule has 74 valence electrons. The minimum Gasteiger partial charge on any atom is -0.317 e. The van der Waals surface area contributed by atoms with Gasteiger partial charge in [-0.1, -0.05) is 6.92 Å². The summed E-state index contributed by atoms with van der Waals surface area (Å²) < 4.78 is 23.2. The molecule has 12 heavy (non-hydrogen) atoms. The lowest BCUT2D eigenvalue weighted by Crippen LogP contribution is -2.25. The van der Waals surface area contributed by atoms with Crippen molar-refractivity contribution < 1.29 is 8.78 Å². The fourth-order valence-electron chi connectivity index (χ4n) is 0.851. The van der Waals surface area contributed by atoms with Gasteiger partial charge in [-0.2, -0.15) is 0 Å². The topological polar surface area (TPSA) is 24.1 Å². The van der Waals surface area contributed by atoms with Crippen molar-refractivity contribution in [2.45, 2.75) is 26.2 Å². The molecule has 0 saturated heterocycles. The van der Waals surface area contributed by atoms with Crippen LogP contribution < -0.4 is 10.6 Å². The Morgan fingerprint density at radius 2 is 1.75 bits per heavy atom. The first-order valence-electron chi connectivity index (χ1n) is 4.47. The predicted octanol–water partition coefficient (Wildman–Crippen LogP) is 1.23. The van der Waals surface area contributed by atoms with Crippen molar-refractivity contribution in [3.63, 3.8) is 0 Å². The maximum Gasteiger partial charge on any atom is 0.250 e. The third-order valence-corrected chi connectivity index (χ3v) is 1.43. The van der Waals surface area contributed by atoms with Crippen molar-refractivity contribution in [2.75, 3.05) is 26.2 Å². The summed E-state index contributed by atoms with van der Waals surface area (Å²) in [4.78, 5) is 0. The Labute approximate surface area is 72.7 Å². The summed E-state index contributed by atoms with van der Waals surface area (Å²) in [5.74, 6) is 0. The molecule has 0 aliphatic rings. The Morgan fingerprint density at radius 3 is 2.33 bits per heavy atom. The van der Waals surface area contributed by atoms with Crippen LogP contribution in [0.4, 0.5) is 8.78 Å².